The Morgan fingerprint density at radius 3 is 2.34 bits per heavy atom. The van der Waals surface area contributed by atoms with Crippen LogP contribution in [0.2, 0.25) is 0 Å². The first-order valence-corrected chi connectivity index (χ1v) is 11.5. The Bertz CT molecular complexity index is 814. The number of aliphatic hydroxyl groups is 1. The van der Waals surface area contributed by atoms with Crippen molar-refractivity contribution in [3.8, 4) is 0 Å². The maximum absolute atomic E-state index is 13.5. The minimum absolute atomic E-state index is 0.157. The van der Waals surface area contributed by atoms with Crippen molar-refractivity contribution in [2.24, 2.45) is 17.8 Å². The number of aryl methyl sites for hydroxylation is 1. The third-order valence-corrected chi connectivity index (χ3v) is 6.26. The van der Waals surface area contributed by atoms with Gasteiger partial charge in [-0.25, -0.2) is 4.98 Å². The van der Waals surface area contributed by atoms with Gasteiger partial charge in [0.25, 0.3) is 0 Å². The summed E-state index contributed by atoms with van der Waals surface area (Å²) in [4.78, 5) is 15.8. The second-order valence-electron chi connectivity index (χ2n) is 8.13. The van der Waals surface area contributed by atoms with Gasteiger partial charge in [-0.2, -0.15) is 13.2 Å². The number of Topliss-reactive ketones (excluding diaryl/α,β-unsaturated/α-hetero) is 1. The summed E-state index contributed by atoms with van der Waals surface area (Å²) in [5.41, 5.74) is 1.69. The Balaban J connectivity index is 2.78. The van der Waals surface area contributed by atoms with E-state index in [4.69, 9.17) is 4.74 Å². The molecule has 1 aromatic rings. The first kappa shape index (κ1) is 28.3. The fourth-order valence-corrected chi connectivity index (χ4v) is 3.75. The van der Waals surface area contributed by atoms with E-state index in [1.165, 1.54) is 43.6 Å². The van der Waals surface area contributed by atoms with E-state index in [9.17, 15) is 23.1 Å². The van der Waals surface area contributed by atoms with Crippen molar-refractivity contribution in [2.75, 3.05) is 7.11 Å². The first-order chi connectivity index (χ1) is 14.9. The maximum atomic E-state index is 13.5. The Morgan fingerprint density at radius 2 is 1.84 bits per heavy atom. The van der Waals surface area contributed by atoms with Crippen LogP contribution in [-0.4, -0.2) is 41.4 Å². The van der Waals surface area contributed by atoms with Crippen LogP contribution in [0.4, 0.5) is 13.2 Å². The molecule has 1 aromatic heterocycles. The number of aromatic nitrogens is 1. The molecular formula is C24H34F3NO3S. The van der Waals surface area contributed by atoms with Gasteiger partial charge in [0.05, 0.1) is 28.8 Å². The molecule has 32 heavy (non-hydrogen) atoms. The highest BCUT2D eigenvalue weighted by Gasteiger charge is 2.36. The molecule has 0 aromatic carbocycles. The highest BCUT2D eigenvalue weighted by atomic mass is 32.1. The van der Waals surface area contributed by atoms with E-state index in [1.807, 2.05) is 25.3 Å². The third-order valence-electron chi connectivity index (χ3n) is 5.47. The van der Waals surface area contributed by atoms with Crippen LogP contribution in [0.1, 0.15) is 51.2 Å². The Morgan fingerprint density at radius 1 is 1.22 bits per heavy atom. The molecule has 0 aliphatic carbocycles. The van der Waals surface area contributed by atoms with Crippen molar-refractivity contribution in [2.45, 2.75) is 65.8 Å². The molecule has 4 nitrogen and oxygen atoms in total. The molecule has 0 radical (unpaired) electrons. The minimum Gasteiger partial charge on any atom is -0.392 e. The number of hydrogen-bond acceptors (Lipinski definition) is 5. The zero-order valence-electron chi connectivity index (χ0n) is 19.5. The lowest BCUT2D eigenvalue weighted by Gasteiger charge is -2.21. The van der Waals surface area contributed by atoms with E-state index in [1.54, 1.807) is 13.8 Å². The number of aliphatic hydroxyl groups excluding tert-OH is 1. The van der Waals surface area contributed by atoms with Gasteiger partial charge in [0.15, 0.2) is 0 Å². The average molecular weight is 474 g/mol. The van der Waals surface area contributed by atoms with Gasteiger partial charge in [0.1, 0.15) is 5.78 Å². The molecule has 5 unspecified atom stereocenters. The SMILES string of the molecule is COC(CC=CC(C/C=C/C(C)C(O)C(C)C(C)=O)C(F)(F)F)/C(C)=C/c1csc(C)n1. The predicted octanol–water partition coefficient (Wildman–Crippen LogP) is 6.16. The smallest absolute Gasteiger partial charge is 0.392 e. The van der Waals surface area contributed by atoms with Crippen LogP contribution in [-0.2, 0) is 9.53 Å². The number of ether oxygens (including phenoxy) is 1. The number of ketones is 1. The number of allylic oxidation sites excluding steroid dienone is 2. The summed E-state index contributed by atoms with van der Waals surface area (Å²) in [5.74, 6) is -2.79. The van der Waals surface area contributed by atoms with Crippen LogP contribution in [0.25, 0.3) is 6.08 Å². The van der Waals surface area contributed by atoms with Crippen molar-refractivity contribution >= 4 is 23.2 Å². The number of carbonyl (C=O) groups is 1. The molecule has 1 N–H and O–H groups in total. The van der Waals surface area contributed by atoms with E-state index >= 15 is 0 Å². The lowest BCUT2D eigenvalue weighted by Crippen LogP contribution is -2.29. The minimum atomic E-state index is -4.39. The largest absolute Gasteiger partial charge is 0.395 e. The summed E-state index contributed by atoms with van der Waals surface area (Å²) in [6.45, 7) is 8.45. The molecule has 1 heterocycles. The van der Waals surface area contributed by atoms with Gasteiger partial charge in [0, 0.05) is 24.3 Å². The fraction of sp³-hybridized carbons (Fsp3) is 0.583. The summed E-state index contributed by atoms with van der Waals surface area (Å²) in [6, 6.07) is 0. The summed E-state index contributed by atoms with van der Waals surface area (Å²) in [6.07, 6.45) is 1.91. The van der Waals surface area contributed by atoms with Crippen LogP contribution in [0.15, 0.2) is 35.3 Å². The van der Waals surface area contributed by atoms with Crippen LogP contribution in [0.3, 0.4) is 0 Å². The van der Waals surface area contributed by atoms with Crippen LogP contribution in [0.5, 0.6) is 0 Å². The van der Waals surface area contributed by atoms with Gasteiger partial charge >= 0.3 is 6.18 Å². The molecule has 180 valence electrons. The van der Waals surface area contributed by atoms with Gasteiger partial charge in [-0.1, -0.05) is 38.2 Å². The fourth-order valence-electron chi connectivity index (χ4n) is 3.18. The summed E-state index contributed by atoms with van der Waals surface area (Å²) in [5, 5.41) is 13.0. The summed E-state index contributed by atoms with van der Waals surface area (Å²) < 4.78 is 45.8. The number of methoxy groups -OCH3 is 1. The molecule has 5 atom stereocenters. The molecule has 8 heteroatoms. The normalized spacial score (nSPS) is 18.1. The van der Waals surface area contributed by atoms with E-state index in [0.717, 1.165) is 22.4 Å². The predicted molar refractivity (Wildman–Crippen MR) is 123 cm³/mol. The number of rotatable bonds is 12. The van der Waals surface area contributed by atoms with E-state index < -0.39 is 30.0 Å². The standard InChI is InChI=1S/C24H34F3NO3S/c1-15(23(30)17(3)18(4)29)9-7-10-20(24(25,26)27)11-8-12-22(31-6)16(2)13-21-14-32-19(5)28-21/h7-9,11,13-15,17,20,22-23,30H,10,12H2,1-6H3/b9-7+,11-8?,16-13+. The Labute approximate surface area is 192 Å². The highest BCUT2D eigenvalue weighted by Crippen LogP contribution is 2.31. The van der Waals surface area contributed by atoms with Gasteiger partial charge in [0.2, 0.25) is 0 Å². The highest BCUT2D eigenvalue weighted by molar-refractivity contribution is 7.09. The van der Waals surface area contributed by atoms with Crippen LogP contribution in [0, 0.1) is 24.7 Å². The van der Waals surface area contributed by atoms with E-state index in [0.29, 0.717) is 6.42 Å². The molecule has 0 fully saturated rings. The van der Waals surface area contributed by atoms with Crippen LogP contribution >= 0.6 is 11.3 Å². The number of hydrogen-bond donors (Lipinski definition) is 1. The number of halogens is 3. The molecule has 1 rings (SSSR count). The van der Waals surface area contributed by atoms with E-state index in [2.05, 4.69) is 4.98 Å². The topological polar surface area (TPSA) is 59.4 Å². The van der Waals surface area contributed by atoms with Gasteiger partial charge in [-0.15, -0.1) is 11.3 Å². The molecule has 0 saturated carbocycles. The van der Waals surface area contributed by atoms with Crippen molar-refractivity contribution in [3.63, 3.8) is 0 Å². The molecule has 0 amide bonds. The lowest BCUT2D eigenvalue weighted by atomic mass is 9.90. The quantitative estimate of drug-likeness (QED) is 0.369. The number of thiazole rings is 1. The molecule has 0 saturated heterocycles. The Kier molecular flexibility index (Phi) is 11.5. The maximum Gasteiger partial charge on any atom is 0.395 e. The molecular weight excluding hydrogens is 439 g/mol. The third kappa shape index (κ3) is 9.38. The van der Waals surface area contributed by atoms with Gasteiger partial charge in [-0.3, -0.25) is 4.79 Å². The molecule has 0 bridgehead atoms. The summed E-state index contributed by atoms with van der Waals surface area (Å²) in [7, 11) is 1.53. The number of nitrogens with zero attached hydrogens (tertiary/aromatic N) is 1. The van der Waals surface area contributed by atoms with Gasteiger partial charge < -0.3 is 9.84 Å². The average Bonchev–Trinajstić information content (AvgIpc) is 3.11. The van der Waals surface area contributed by atoms with E-state index in [-0.39, 0.29) is 18.3 Å². The molecule has 0 aliphatic rings. The molecule has 0 spiro atoms. The summed E-state index contributed by atoms with van der Waals surface area (Å²) >= 11 is 1.53. The number of carbonyl (C=O) groups excluding carboxylic acids is 1. The number of alkyl halides is 3. The van der Waals surface area contributed by atoms with Crippen molar-refractivity contribution < 1.29 is 27.8 Å². The first-order valence-electron chi connectivity index (χ1n) is 10.6. The van der Waals surface area contributed by atoms with Crippen molar-refractivity contribution in [1.29, 1.82) is 0 Å². The lowest BCUT2D eigenvalue weighted by molar-refractivity contribution is -0.160. The second kappa shape index (κ2) is 13.1. The van der Waals surface area contributed by atoms with Crippen LogP contribution < -0.4 is 0 Å². The Hall–Kier alpha value is -1.77. The van der Waals surface area contributed by atoms with Crippen molar-refractivity contribution in [3.05, 3.63) is 46.0 Å². The zero-order chi connectivity index (χ0) is 24.5. The molecule has 0 aliphatic heterocycles. The zero-order valence-corrected chi connectivity index (χ0v) is 20.3. The second-order valence-corrected chi connectivity index (χ2v) is 9.19. The van der Waals surface area contributed by atoms with Crippen molar-refractivity contribution in [1.82, 2.24) is 4.98 Å². The monoisotopic (exact) mass is 473 g/mol. The van der Waals surface area contributed by atoms with Gasteiger partial charge in [-0.05, 0) is 45.3 Å².